The number of amides is 2. The van der Waals surface area contributed by atoms with Crippen LogP contribution in [0.1, 0.15) is 85.1 Å². The zero-order chi connectivity index (χ0) is 39.1. The number of hydrogen-bond acceptors (Lipinski definition) is 6. The molecule has 1 aliphatic carbocycles. The quantitative estimate of drug-likeness (QED) is 0.107. The summed E-state index contributed by atoms with van der Waals surface area (Å²) in [6, 6.07) is 30.3. The molecule has 0 fully saturated rings. The molecule has 282 valence electrons. The van der Waals surface area contributed by atoms with Gasteiger partial charge in [0.2, 0.25) is 0 Å². The van der Waals surface area contributed by atoms with E-state index in [9.17, 15) is 32.3 Å². The Hall–Kier alpha value is -6.23. The van der Waals surface area contributed by atoms with Crippen LogP contribution in [0, 0.1) is 0 Å². The van der Waals surface area contributed by atoms with Crippen molar-refractivity contribution in [2.75, 3.05) is 19.4 Å². The van der Waals surface area contributed by atoms with Gasteiger partial charge in [-0.3, -0.25) is 14.4 Å². The Kier molecular flexibility index (Phi) is 11.8. The van der Waals surface area contributed by atoms with Gasteiger partial charge in [0.05, 0.1) is 22.4 Å². The molecule has 5 aromatic carbocycles. The number of benzene rings is 5. The minimum atomic E-state index is -4.49. The van der Waals surface area contributed by atoms with Crippen molar-refractivity contribution in [2.45, 2.75) is 50.8 Å². The lowest BCUT2D eigenvalue weighted by Crippen LogP contribution is -2.24. The van der Waals surface area contributed by atoms with Gasteiger partial charge in [0.15, 0.2) is 0 Å². The zero-order valence-electron chi connectivity index (χ0n) is 30.3. The Balaban J connectivity index is 1.05. The molecule has 0 aliphatic heterocycles. The number of fused-ring (bicyclic) bond motifs is 1. The summed E-state index contributed by atoms with van der Waals surface area (Å²) in [7, 11) is 3.17. The van der Waals surface area contributed by atoms with E-state index in [2.05, 4.69) is 11.4 Å². The second-order valence-corrected chi connectivity index (χ2v) is 13.5. The predicted molar refractivity (Wildman–Crippen MR) is 202 cm³/mol. The van der Waals surface area contributed by atoms with Gasteiger partial charge in [-0.1, -0.05) is 60.7 Å². The summed E-state index contributed by atoms with van der Waals surface area (Å²) in [5.41, 5.74) is 4.10. The number of esters is 2. The summed E-state index contributed by atoms with van der Waals surface area (Å²) < 4.78 is 50.7. The van der Waals surface area contributed by atoms with E-state index in [0.717, 1.165) is 42.5 Å². The fourth-order valence-electron chi connectivity index (χ4n) is 6.54. The van der Waals surface area contributed by atoms with Crippen LogP contribution in [0.15, 0.2) is 115 Å². The molecule has 0 spiro atoms. The number of alkyl halides is 3. The first-order chi connectivity index (χ1) is 26.4. The normalized spacial score (nSPS) is 13.7. The van der Waals surface area contributed by atoms with Gasteiger partial charge < -0.3 is 19.7 Å². The fourth-order valence-corrected chi connectivity index (χ4v) is 6.54. The number of ether oxygens (including phenoxy) is 2. The Morgan fingerprint density at radius 1 is 0.818 bits per heavy atom. The molecule has 1 unspecified atom stereocenters. The van der Waals surface area contributed by atoms with Crippen LogP contribution >= 0.6 is 0 Å². The number of halogens is 3. The standard InChI is InChI=1S/C44H39F3N2O6/c1-49(2)42(52)37-27-28(17-26-38(37)48-41(51)36-14-6-5-12-34(36)30-18-22-32(23-19-30)44(45,46)47)9-7-16-40(50)54-33-24-20-31(21-25-33)43(53)55-39-15-8-11-29-10-3-4-13-35(29)39/h3-6,10,12-14,17-27,39H,7-9,11,15-16H2,1-2H3,(H,48,51). The third-order valence-corrected chi connectivity index (χ3v) is 9.40. The van der Waals surface area contributed by atoms with Gasteiger partial charge in [0, 0.05) is 26.1 Å². The average Bonchev–Trinajstić information content (AvgIpc) is 3.18. The smallest absolute Gasteiger partial charge is 0.416 e. The van der Waals surface area contributed by atoms with E-state index >= 15 is 0 Å². The highest BCUT2D eigenvalue weighted by Gasteiger charge is 2.30. The van der Waals surface area contributed by atoms with Crippen molar-refractivity contribution in [1.82, 2.24) is 4.90 Å². The molecule has 0 saturated heterocycles. The Morgan fingerprint density at radius 3 is 2.25 bits per heavy atom. The van der Waals surface area contributed by atoms with Crippen molar-refractivity contribution in [2.24, 2.45) is 0 Å². The summed E-state index contributed by atoms with van der Waals surface area (Å²) in [5.74, 6) is -1.51. The lowest BCUT2D eigenvalue weighted by molar-refractivity contribution is -0.137. The second kappa shape index (κ2) is 16.8. The van der Waals surface area contributed by atoms with Gasteiger partial charge in [-0.2, -0.15) is 13.2 Å². The highest BCUT2D eigenvalue weighted by molar-refractivity contribution is 6.11. The topological polar surface area (TPSA) is 102 Å². The number of rotatable bonds is 11. The summed E-state index contributed by atoms with van der Waals surface area (Å²) in [6.45, 7) is 0. The molecule has 0 aromatic heterocycles. The van der Waals surface area contributed by atoms with Gasteiger partial charge in [-0.05, 0) is 115 Å². The maximum Gasteiger partial charge on any atom is 0.416 e. The first-order valence-corrected chi connectivity index (χ1v) is 17.9. The molecule has 2 amide bonds. The molecule has 1 aliphatic rings. The second-order valence-electron chi connectivity index (χ2n) is 13.5. The first-order valence-electron chi connectivity index (χ1n) is 17.9. The van der Waals surface area contributed by atoms with Crippen molar-refractivity contribution < 1.29 is 41.8 Å². The number of anilines is 1. The van der Waals surface area contributed by atoms with Crippen molar-refractivity contribution in [3.63, 3.8) is 0 Å². The zero-order valence-corrected chi connectivity index (χ0v) is 30.3. The molecule has 8 nitrogen and oxygen atoms in total. The fraction of sp³-hybridized carbons (Fsp3) is 0.227. The van der Waals surface area contributed by atoms with E-state index in [-0.39, 0.29) is 35.2 Å². The van der Waals surface area contributed by atoms with Gasteiger partial charge in [-0.25, -0.2) is 4.79 Å². The maximum absolute atomic E-state index is 13.5. The number of carbonyl (C=O) groups is 4. The summed E-state index contributed by atoms with van der Waals surface area (Å²) in [6.07, 6.45) is -1.19. The number of nitrogens with zero attached hydrogens (tertiary/aromatic N) is 1. The van der Waals surface area contributed by atoms with Crippen LogP contribution in [0.4, 0.5) is 18.9 Å². The van der Waals surface area contributed by atoms with Gasteiger partial charge in [0.1, 0.15) is 11.9 Å². The molecular weight excluding hydrogens is 709 g/mol. The van der Waals surface area contributed by atoms with Crippen LogP contribution < -0.4 is 10.1 Å². The van der Waals surface area contributed by atoms with E-state index in [0.29, 0.717) is 35.3 Å². The third kappa shape index (κ3) is 9.48. The number of aryl methyl sites for hydroxylation is 2. The van der Waals surface area contributed by atoms with Crippen molar-refractivity contribution in [3.8, 4) is 16.9 Å². The van der Waals surface area contributed by atoms with E-state index in [4.69, 9.17) is 9.47 Å². The highest BCUT2D eigenvalue weighted by atomic mass is 19.4. The van der Waals surface area contributed by atoms with Gasteiger partial charge >= 0.3 is 18.1 Å². The van der Waals surface area contributed by atoms with Crippen LogP contribution in [0.5, 0.6) is 5.75 Å². The average molecular weight is 749 g/mol. The lowest BCUT2D eigenvalue weighted by atomic mass is 9.89. The molecule has 1 N–H and O–H groups in total. The molecule has 55 heavy (non-hydrogen) atoms. The van der Waals surface area contributed by atoms with Crippen molar-refractivity contribution >= 4 is 29.4 Å². The molecule has 0 radical (unpaired) electrons. The summed E-state index contributed by atoms with van der Waals surface area (Å²) >= 11 is 0. The molecule has 6 rings (SSSR count). The largest absolute Gasteiger partial charge is 0.454 e. The first kappa shape index (κ1) is 38.5. The van der Waals surface area contributed by atoms with Crippen LogP contribution in [0.3, 0.4) is 0 Å². The molecule has 5 aromatic rings. The number of carbonyl (C=O) groups excluding carboxylic acids is 4. The highest BCUT2D eigenvalue weighted by Crippen LogP contribution is 2.34. The maximum atomic E-state index is 13.5. The minimum Gasteiger partial charge on any atom is -0.454 e. The van der Waals surface area contributed by atoms with Crippen LogP contribution in [-0.2, 0) is 28.5 Å². The summed E-state index contributed by atoms with van der Waals surface area (Å²) in [5, 5.41) is 2.80. The Labute approximate surface area is 316 Å². The number of hydrogen-bond donors (Lipinski definition) is 1. The number of nitrogens with one attached hydrogen (secondary N) is 1. The van der Waals surface area contributed by atoms with E-state index in [1.165, 1.54) is 22.6 Å². The minimum absolute atomic E-state index is 0.0844. The molecule has 0 bridgehead atoms. The van der Waals surface area contributed by atoms with Gasteiger partial charge in [-0.15, -0.1) is 0 Å². The van der Waals surface area contributed by atoms with Crippen molar-refractivity contribution in [1.29, 1.82) is 0 Å². The van der Waals surface area contributed by atoms with E-state index < -0.39 is 29.6 Å². The monoisotopic (exact) mass is 748 g/mol. The van der Waals surface area contributed by atoms with Crippen LogP contribution in [0.25, 0.3) is 11.1 Å². The van der Waals surface area contributed by atoms with Crippen LogP contribution in [-0.4, -0.2) is 42.7 Å². The Bertz CT molecular complexity index is 2200. The SMILES string of the molecule is CN(C)C(=O)c1cc(CCCC(=O)Oc2ccc(C(=O)OC3CCCc4ccccc43)cc2)ccc1NC(=O)c1ccccc1-c1ccc(C(F)(F)F)cc1. The molecule has 0 heterocycles. The molecule has 1 atom stereocenters. The van der Waals surface area contributed by atoms with Gasteiger partial charge in [0.25, 0.3) is 11.8 Å². The van der Waals surface area contributed by atoms with Crippen LogP contribution in [0.2, 0.25) is 0 Å². The molecule has 11 heteroatoms. The predicted octanol–water partition coefficient (Wildman–Crippen LogP) is 9.49. The Morgan fingerprint density at radius 2 is 1.53 bits per heavy atom. The van der Waals surface area contributed by atoms with E-state index in [1.807, 2.05) is 18.2 Å². The molecule has 0 saturated carbocycles. The van der Waals surface area contributed by atoms with Crippen molar-refractivity contribution in [3.05, 3.63) is 154 Å². The lowest BCUT2D eigenvalue weighted by Gasteiger charge is -2.25. The summed E-state index contributed by atoms with van der Waals surface area (Å²) in [4.78, 5) is 53.7. The third-order valence-electron chi connectivity index (χ3n) is 9.40. The molecular formula is C44H39F3N2O6. The van der Waals surface area contributed by atoms with E-state index in [1.54, 1.807) is 80.8 Å².